The Kier molecular flexibility index (Phi) is 6.36. The second kappa shape index (κ2) is 7.62. The molecule has 6 heteroatoms. The van der Waals surface area contributed by atoms with E-state index in [4.69, 9.17) is 0 Å². The van der Waals surface area contributed by atoms with Crippen molar-refractivity contribution in [3.05, 3.63) is 24.1 Å². The lowest BCUT2D eigenvalue weighted by Gasteiger charge is -2.45. The Balaban J connectivity index is 0.00000264. The van der Waals surface area contributed by atoms with Crippen LogP contribution in [0.25, 0.3) is 0 Å². The molecule has 2 atom stereocenters. The maximum absolute atomic E-state index is 13.8. The fourth-order valence-electron chi connectivity index (χ4n) is 3.18. The first kappa shape index (κ1) is 19.2. The average Bonchev–Trinajstić information content (AvgIpc) is 2.41. The van der Waals surface area contributed by atoms with Gasteiger partial charge in [-0.2, -0.15) is 0 Å². The Morgan fingerprint density at radius 3 is 2.61 bits per heavy atom. The van der Waals surface area contributed by atoms with E-state index in [0.29, 0.717) is 0 Å². The summed E-state index contributed by atoms with van der Waals surface area (Å²) < 4.78 is 13.8. The molecule has 5 nitrogen and oxygen atoms in total. The Bertz CT molecular complexity index is 531. The Morgan fingerprint density at radius 1 is 1.39 bits per heavy atom. The van der Waals surface area contributed by atoms with Gasteiger partial charge in [0, 0.05) is 17.8 Å². The van der Waals surface area contributed by atoms with Gasteiger partial charge in [0.1, 0.15) is 0 Å². The molecule has 0 aromatic carbocycles. The maximum atomic E-state index is 13.8. The van der Waals surface area contributed by atoms with Gasteiger partial charge in [-0.3, -0.25) is 4.90 Å². The number of carbonyl (C=O) groups is 1. The molecule has 0 saturated heterocycles. The number of anilines is 1. The van der Waals surface area contributed by atoms with Crippen LogP contribution in [0.15, 0.2) is 18.3 Å². The minimum absolute atomic E-state index is 0. The van der Waals surface area contributed by atoms with Gasteiger partial charge in [0.15, 0.2) is 11.6 Å². The van der Waals surface area contributed by atoms with Gasteiger partial charge in [0.25, 0.3) is 0 Å². The fraction of sp³-hybridized carbons (Fsp3) is 0.647. The number of hydrogen-bond acceptors (Lipinski definition) is 3. The van der Waals surface area contributed by atoms with Crippen LogP contribution in [-0.4, -0.2) is 38.7 Å². The number of aromatic nitrogens is 1. The van der Waals surface area contributed by atoms with Crippen LogP contribution in [0.4, 0.5) is 15.0 Å². The van der Waals surface area contributed by atoms with Crippen LogP contribution < -0.4 is 5.32 Å². The molecule has 0 bridgehead atoms. The molecule has 1 aliphatic rings. The number of amides is 1. The number of nitrogens with one attached hydrogen (secondary N) is 1. The van der Waals surface area contributed by atoms with Crippen molar-refractivity contribution in [1.82, 2.24) is 9.88 Å². The molecule has 1 aromatic heterocycles. The summed E-state index contributed by atoms with van der Waals surface area (Å²) in [5, 5.41) is 12.7. The molecule has 130 valence electrons. The van der Waals surface area contributed by atoms with E-state index in [0.717, 1.165) is 25.7 Å². The molecule has 1 amide bonds. The summed E-state index contributed by atoms with van der Waals surface area (Å²) in [6.07, 6.45) is 4.15. The minimum Gasteiger partial charge on any atom is -0.465 e. The molecule has 1 fully saturated rings. The van der Waals surface area contributed by atoms with Gasteiger partial charge in [-0.25, -0.2) is 14.2 Å². The topological polar surface area (TPSA) is 65.5 Å². The number of rotatable bonds is 3. The van der Waals surface area contributed by atoms with Crippen molar-refractivity contribution >= 4 is 11.9 Å². The van der Waals surface area contributed by atoms with E-state index < -0.39 is 17.4 Å². The predicted molar refractivity (Wildman–Crippen MR) is 90.2 cm³/mol. The van der Waals surface area contributed by atoms with Crippen LogP contribution in [-0.2, 0) is 0 Å². The highest BCUT2D eigenvalue weighted by molar-refractivity contribution is 5.66. The number of hydrogen-bond donors (Lipinski definition) is 2. The molecule has 0 radical (unpaired) electrons. The molecule has 23 heavy (non-hydrogen) atoms. The standard InChI is InChI=1S/C16H24FN3O2.CH4/c1-16(2,3)20(15(21)22)13-9-5-4-8-12(13)19-14-11(17)7-6-10-18-14;/h6-7,10,12-13H,4-5,8-9H2,1-3H3,(H,18,19)(H,21,22);1H4/t12-,13-;/m1./s1. The molecular weight excluding hydrogens is 297 g/mol. The summed E-state index contributed by atoms with van der Waals surface area (Å²) in [5.41, 5.74) is -0.504. The molecule has 0 aliphatic heterocycles. The zero-order chi connectivity index (χ0) is 16.3. The van der Waals surface area contributed by atoms with E-state index in [2.05, 4.69) is 10.3 Å². The van der Waals surface area contributed by atoms with Crippen molar-refractivity contribution in [3.8, 4) is 0 Å². The lowest BCUT2D eigenvalue weighted by Crippen LogP contribution is -2.58. The maximum Gasteiger partial charge on any atom is 0.408 e. The molecule has 0 unspecified atom stereocenters. The lowest BCUT2D eigenvalue weighted by molar-refractivity contribution is 0.0520. The quantitative estimate of drug-likeness (QED) is 0.866. The van der Waals surface area contributed by atoms with Crippen LogP contribution in [0.2, 0.25) is 0 Å². The van der Waals surface area contributed by atoms with Crippen LogP contribution >= 0.6 is 0 Å². The molecule has 2 N–H and O–H groups in total. The first-order valence-electron chi connectivity index (χ1n) is 7.70. The van der Waals surface area contributed by atoms with Gasteiger partial charge < -0.3 is 10.4 Å². The molecule has 1 aliphatic carbocycles. The third-order valence-electron chi connectivity index (χ3n) is 4.07. The number of halogens is 1. The van der Waals surface area contributed by atoms with Crippen LogP contribution in [0, 0.1) is 5.82 Å². The highest BCUT2D eigenvalue weighted by Crippen LogP contribution is 2.30. The molecular formula is C17H28FN3O2. The second-order valence-corrected chi connectivity index (χ2v) is 6.76. The van der Waals surface area contributed by atoms with E-state index in [9.17, 15) is 14.3 Å². The van der Waals surface area contributed by atoms with Crippen molar-refractivity contribution in [2.75, 3.05) is 5.32 Å². The summed E-state index contributed by atoms with van der Waals surface area (Å²) in [6, 6.07) is 2.57. The zero-order valence-corrected chi connectivity index (χ0v) is 13.3. The van der Waals surface area contributed by atoms with E-state index in [1.54, 1.807) is 0 Å². The van der Waals surface area contributed by atoms with Crippen molar-refractivity contribution in [2.45, 2.75) is 71.5 Å². The van der Waals surface area contributed by atoms with Gasteiger partial charge in [0.05, 0.1) is 6.04 Å². The molecule has 1 saturated carbocycles. The van der Waals surface area contributed by atoms with E-state index in [1.807, 2.05) is 20.8 Å². The highest BCUT2D eigenvalue weighted by Gasteiger charge is 2.39. The normalized spacial score (nSPS) is 21.2. The van der Waals surface area contributed by atoms with Crippen molar-refractivity contribution < 1.29 is 14.3 Å². The monoisotopic (exact) mass is 325 g/mol. The molecule has 1 heterocycles. The largest absolute Gasteiger partial charge is 0.465 e. The van der Waals surface area contributed by atoms with Gasteiger partial charge in [0.2, 0.25) is 0 Å². The average molecular weight is 325 g/mol. The number of nitrogens with zero attached hydrogens (tertiary/aromatic N) is 2. The van der Waals surface area contributed by atoms with Crippen molar-refractivity contribution in [3.63, 3.8) is 0 Å². The lowest BCUT2D eigenvalue weighted by atomic mass is 9.86. The van der Waals surface area contributed by atoms with E-state index in [-0.39, 0.29) is 25.3 Å². The predicted octanol–water partition coefficient (Wildman–Crippen LogP) is 4.36. The van der Waals surface area contributed by atoms with Crippen LogP contribution in [0.5, 0.6) is 0 Å². The second-order valence-electron chi connectivity index (χ2n) is 6.76. The molecule has 0 spiro atoms. The minimum atomic E-state index is -0.937. The van der Waals surface area contributed by atoms with Crippen molar-refractivity contribution in [2.24, 2.45) is 0 Å². The van der Waals surface area contributed by atoms with Crippen molar-refractivity contribution in [1.29, 1.82) is 0 Å². The zero-order valence-electron chi connectivity index (χ0n) is 13.3. The first-order valence-corrected chi connectivity index (χ1v) is 7.70. The summed E-state index contributed by atoms with van der Waals surface area (Å²) in [4.78, 5) is 17.2. The summed E-state index contributed by atoms with van der Waals surface area (Å²) in [5.74, 6) is -0.219. The molecule has 1 aromatic rings. The van der Waals surface area contributed by atoms with Crippen LogP contribution in [0.1, 0.15) is 53.9 Å². The molecule has 2 rings (SSSR count). The fourth-order valence-corrected chi connectivity index (χ4v) is 3.18. The number of carboxylic acid groups (broad SMARTS) is 1. The van der Waals surface area contributed by atoms with Gasteiger partial charge >= 0.3 is 6.09 Å². The highest BCUT2D eigenvalue weighted by atomic mass is 19.1. The summed E-state index contributed by atoms with van der Waals surface area (Å²) in [6.45, 7) is 5.65. The van der Waals surface area contributed by atoms with Crippen LogP contribution in [0.3, 0.4) is 0 Å². The van der Waals surface area contributed by atoms with E-state index >= 15 is 0 Å². The Morgan fingerprint density at radius 2 is 2.04 bits per heavy atom. The van der Waals surface area contributed by atoms with Gasteiger partial charge in [-0.1, -0.05) is 20.3 Å². The Hall–Kier alpha value is -1.85. The first-order chi connectivity index (χ1) is 10.3. The third-order valence-corrected chi connectivity index (χ3v) is 4.07. The van der Waals surface area contributed by atoms with Gasteiger partial charge in [-0.15, -0.1) is 0 Å². The number of pyridine rings is 1. The summed E-state index contributed by atoms with van der Waals surface area (Å²) >= 11 is 0. The SMILES string of the molecule is C.CC(C)(C)N(C(=O)O)[C@@H]1CCCC[C@H]1Nc1ncccc1F. The summed E-state index contributed by atoms with van der Waals surface area (Å²) in [7, 11) is 0. The van der Waals surface area contributed by atoms with Gasteiger partial charge in [-0.05, 0) is 45.7 Å². The van der Waals surface area contributed by atoms with E-state index in [1.165, 1.54) is 23.2 Å². The smallest absolute Gasteiger partial charge is 0.408 e. The third kappa shape index (κ3) is 4.56. The Labute approximate surface area is 137 Å².